The van der Waals surface area contributed by atoms with E-state index in [9.17, 15) is 0 Å². The van der Waals surface area contributed by atoms with Gasteiger partial charge >= 0.3 is 0 Å². The molecule has 1 saturated heterocycles. The van der Waals surface area contributed by atoms with Crippen molar-refractivity contribution in [2.24, 2.45) is 0 Å². The molecule has 2 N–H and O–H groups in total. The lowest BCUT2D eigenvalue weighted by Gasteiger charge is -2.25. The highest BCUT2D eigenvalue weighted by molar-refractivity contribution is 7.44. The van der Waals surface area contributed by atoms with Crippen LogP contribution in [0, 0.1) is 6.92 Å². The van der Waals surface area contributed by atoms with Crippen molar-refractivity contribution in [3.8, 4) is 0 Å². The Hall–Kier alpha value is -3.05. The van der Waals surface area contributed by atoms with Gasteiger partial charge in [-0.2, -0.15) is 5.10 Å². The molecule has 0 radical (unpaired) electrons. The average Bonchev–Trinajstić information content (AvgIpc) is 4.04. The molecule has 0 aliphatic carbocycles. The first-order valence-corrected chi connectivity index (χ1v) is 23.3. The standard InChI is InChI=1S/C41H64ClN8O12P/c1-3-12-53-15-18-56-21-22-58-20-17-55-14-11-49-29-35(46-47-49)30-60-26-25-59-24-23-57-19-16-54-13-10-48(28-34-6-4-5-7-38(34)42)40-37-27-43-50(41(37)45-33(2)44-40)39-9-8-36(62-39)31-61-32-63(51)52/h4-7,27,29,36,39,51-52H,3,8-26,28,30-32H2,1-2H3. The van der Waals surface area contributed by atoms with Crippen LogP contribution in [-0.4, -0.2) is 169 Å². The van der Waals surface area contributed by atoms with Crippen LogP contribution in [0.2, 0.25) is 5.02 Å². The highest BCUT2D eigenvalue weighted by Gasteiger charge is 2.30. The molecule has 5 rings (SSSR count). The maximum absolute atomic E-state index is 9.16. The second kappa shape index (κ2) is 30.2. The van der Waals surface area contributed by atoms with Crippen molar-refractivity contribution in [2.45, 2.75) is 65.1 Å². The highest BCUT2D eigenvalue weighted by Crippen LogP contribution is 2.34. The number of anilines is 1. The Morgan fingerprint density at radius 2 is 1.43 bits per heavy atom. The molecule has 1 aliphatic rings. The number of halogens is 1. The van der Waals surface area contributed by atoms with E-state index in [4.69, 9.17) is 78.7 Å². The summed E-state index contributed by atoms with van der Waals surface area (Å²) in [6, 6.07) is 7.73. The summed E-state index contributed by atoms with van der Waals surface area (Å²) < 4.78 is 60.1. The van der Waals surface area contributed by atoms with Gasteiger partial charge in [-0.1, -0.05) is 41.9 Å². The molecule has 352 valence electrons. The van der Waals surface area contributed by atoms with Crippen molar-refractivity contribution in [1.29, 1.82) is 0 Å². The molecule has 2 unspecified atom stereocenters. The molecule has 0 saturated carbocycles. The van der Waals surface area contributed by atoms with E-state index < -0.39 is 8.38 Å². The third kappa shape index (κ3) is 19.1. The number of hydrogen-bond acceptors (Lipinski definition) is 18. The first-order valence-electron chi connectivity index (χ1n) is 21.5. The van der Waals surface area contributed by atoms with Crippen molar-refractivity contribution < 1.29 is 57.2 Å². The quantitative estimate of drug-likeness (QED) is 0.0486. The number of ether oxygens (including phenoxy) is 10. The van der Waals surface area contributed by atoms with Crippen LogP contribution >= 0.6 is 20.0 Å². The van der Waals surface area contributed by atoms with Crippen LogP contribution < -0.4 is 4.90 Å². The Bertz CT molecular complexity index is 1830. The van der Waals surface area contributed by atoms with Gasteiger partial charge in [-0.25, -0.2) is 19.3 Å². The molecular weight excluding hydrogens is 863 g/mol. The monoisotopic (exact) mass is 926 g/mol. The molecule has 22 heteroatoms. The van der Waals surface area contributed by atoms with Gasteiger partial charge < -0.3 is 62.1 Å². The predicted molar refractivity (Wildman–Crippen MR) is 234 cm³/mol. The average molecular weight is 927 g/mol. The van der Waals surface area contributed by atoms with Gasteiger partial charge in [0.25, 0.3) is 0 Å². The summed E-state index contributed by atoms with van der Waals surface area (Å²) in [5.41, 5.74) is 2.35. The fourth-order valence-corrected chi connectivity index (χ4v) is 6.87. The zero-order chi connectivity index (χ0) is 44.3. The van der Waals surface area contributed by atoms with Crippen LogP contribution in [0.5, 0.6) is 0 Å². The minimum atomic E-state index is -2.11. The smallest absolute Gasteiger partial charge is 0.192 e. The summed E-state index contributed by atoms with van der Waals surface area (Å²) in [7, 11) is -2.11. The van der Waals surface area contributed by atoms with Gasteiger partial charge in [0.15, 0.2) is 20.3 Å². The Labute approximate surface area is 375 Å². The van der Waals surface area contributed by atoms with Gasteiger partial charge in [0.05, 0.1) is 136 Å². The summed E-state index contributed by atoms with van der Waals surface area (Å²) in [5, 5.41) is 14.4. The first-order chi connectivity index (χ1) is 30.9. The van der Waals surface area contributed by atoms with Crippen LogP contribution in [0.25, 0.3) is 11.0 Å². The van der Waals surface area contributed by atoms with E-state index in [0.717, 1.165) is 36.1 Å². The molecule has 3 aromatic heterocycles. The highest BCUT2D eigenvalue weighted by atomic mass is 35.5. The molecule has 4 heterocycles. The van der Waals surface area contributed by atoms with Gasteiger partial charge in [-0.3, -0.25) is 0 Å². The third-order valence-corrected chi connectivity index (χ3v) is 10.2. The van der Waals surface area contributed by atoms with E-state index in [0.29, 0.717) is 147 Å². The molecule has 63 heavy (non-hydrogen) atoms. The molecule has 4 aromatic rings. The number of hydrogen-bond donors (Lipinski definition) is 2. The Morgan fingerprint density at radius 1 is 0.794 bits per heavy atom. The van der Waals surface area contributed by atoms with Crippen molar-refractivity contribution in [3.63, 3.8) is 0 Å². The van der Waals surface area contributed by atoms with Gasteiger partial charge in [-0.15, -0.1) is 5.10 Å². The van der Waals surface area contributed by atoms with Gasteiger partial charge in [0.2, 0.25) is 0 Å². The van der Waals surface area contributed by atoms with Crippen LogP contribution in [-0.2, 0) is 67.1 Å². The molecule has 0 amide bonds. The van der Waals surface area contributed by atoms with E-state index in [-0.39, 0.29) is 25.3 Å². The number of aryl methyl sites for hydroxylation is 1. The Balaban J connectivity index is 0.921. The lowest BCUT2D eigenvalue weighted by molar-refractivity contribution is -0.0384. The van der Waals surface area contributed by atoms with E-state index in [2.05, 4.69) is 27.2 Å². The van der Waals surface area contributed by atoms with Crippen molar-refractivity contribution >= 4 is 36.8 Å². The zero-order valence-electron chi connectivity index (χ0n) is 36.5. The summed E-state index contributed by atoms with van der Waals surface area (Å²) in [6.45, 7) is 13.6. The Morgan fingerprint density at radius 3 is 2.10 bits per heavy atom. The summed E-state index contributed by atoms with van der Waals surface area (Å²) >= 11 is 6.60. The van der Waals surface area contributed by atoms with Crippen LogP contribution in [0.4, 0.5) is 5.82 Å². The maximum atomic E-state index is 9.16. The molecule has 0 bridgehead atoms. The normalized spacial score (nSPS) is 15.4. The summed E-state index contributed by atoms with van der Waals surface area (Å²) in [5.74, 6) is 1.31. The lowest BCUT2D eigenvalue weighted by atomic mass is 10.2. The summed E-state index contributed by atoms with van der Waals surface area (Å²) in [4.78, 5) is 30.0. The second-order valence-electron chi connectivity index (χ2n) is 14.4. The molecule has 2 atom stereocenters. The first kappa shape index (κ1) is 50.9. The fourth-order valence-electron chi connectivity index (χ4n) is 6.41. The molecule has 1 fully saturated rings. The molecule has 20 nitrogen and oxygen atoms in total. The summed E-state index contributed by atoms with van der Waals surface area (Å²) in [6.07, 6.45) is 5.45. The minimum absolute atomic E-state index is 0.107. The SMILES string of the molecule is CCCOCCOCCOCCOCCn1cc(COCCOCCOCCOCCN(Cc2ccccc2Cl)c2nc(C)nc3c2cnn3C2CCC(COCP(O)O)O2)nn1. The van der Waals surface area contributed by atoms with Crippen molar-refractivity contribution in [2.75, 3.05) is 124 Å². The van der Waals surface area contributed by atoms with Crippen LogP contribution in [0.3, 0.4) is 0 Å². The molecular formula is C41H64ClN8O12P. The second-order valence-corrected chi connectivity index (χ2v) is 15.8. The third-order valence-electron chi connectivity index (χ3n) is 9.42. The minimum Gasteiger partial charge on any atom is -0.379 e. The van der Waals surface area contributed by atoms with Gasteiger partial charge in [0, 0.05) is 24.7 Å². The van der Waals surface area contributed by atoms with E-state index in [1.165, 1.54) is 0 Å². The van der Waals surface area contributed by atoms with Crippen LogP contribution in [0.15, 0.2) is 36.7 Å². The number of benzene rings is 1. The van der Waals surface area contributed by atoms with Crippen molar-refractivity contribution in [1.82, 2.24) is 34.7 Å². The lowest BCUT2D eigenvalue weighted by Crippen LogP contribution is -2.29. The van der Waals surface area contributed by atoms with Crippen LogP contribution in [0.1, 0.15) is 49.5 Å². The topological polar surface area (TPSA) is 210 Å². The van der Waals surface area contributed by atoms with Gasteiger partial charge in [0.1, 0.15) is 23.7 Å². The fraction of sp³-hybridized carbons (Fsp3) is 0.683. The molecule has 1 aliphatic heterocycles. The number of rotatable bonds is 36. The largest absolute Gasteiger partial charge is 0.379 e. The maximum Gasteiger partial charge on any atom is 0.192 e. The number of aromatic nitrogens is 7. The number of nitrogens with zero attached hydrogens (tertiary/aromatic N) is 8. The molecule has 0 spiro atoms. The van der Waals surface area contributed by atoms with Crippen molar-refractivity contribution in [3.05, 3.63) is 58.8 Å². The van der Waals surface area contributed by atoms with E-state index in [1.54, 1.807) is 15.6 Å². The van der Waals surface area contributed by atoms with Gasteiger partial charge in [-0.05, 0) is 37.8 Å². The van der Waals surface area contributed by atoms with E-state index in [1.807, 2.05) is 37.4 Å². The zero-order valence-corrected chi connectivity index (χ0v) is 38.1. The Kier molecular flexibility index (Phi) is 24.4. The van der Waals surface area contributed by atoms with E-state index >= 15 is 0 Å². The number of fused-ring (bicyclic) bond motifs is 1. The molecule has 1 aromatic carbocycles. The predicted octanol–water partition coefficient (Wildman–Crippen LogP) is 4.08.